The number of hydrogen-bond acceptors (Lipinski definition) is 5. The summed E-state index contributed by atoms with van der Waals surface area (Å²) in [5, 5.41) is 7.54. The zero-order valence-electron chi connectivity index (χ0n) is 12.4. The first kappa shape index (κ1) is 14.1. The fraction of sp³-hybridized carbons (Fsp3) is 0.438. The maximum absolute atomic E-state index is 5.59. The molecule has 0 fully saturated rings. The van der Waals surface area contributed by atoms with Crippen molar-refractivity contribution in [1.82, 2.24) is 10.5 Å². The molecule has 0 unspecified atom stereocenters. The molecule has 0 spiro atoms. The van der Waals surface area contributed by atoms with Crippen LogP contribution in [-0.4, -0.2) is 32.5 Å². The second-order valence-electron chi connectivity index (χ2n) is 5.13. The first-order valence-electron chi connectivity index (χ1n) is 7.18. The van der Waals surface area contributed by atoms with Gasteiger partial charge >= 0.3 is 0 Å². The van der Waals surface area contributed by atoms with Crippen LogP contribution in [0.15, 0.2) is 22.7 Å². The first-order valence-corrected chi connectivity index (χ1v) is 7.18. The number of nitrogens with one attached hydrogen (secondary N) is 1. The van der Waals surface area contributed by atoms with E-state index in [2.05, 4.69) is 16.5 Å². The van der Waals surface area contributed by atoms with Gasteiger partial charge in [-0.3, -0.25) is 0 Å². The highest BCUT2D eigenvalue weighted by Gasteiger charge is 2.24. The molecular formula is C16H20N2O3. The minimum atomic E-state index is 0.695. The molecule has 1 N–H and O–H groups in total. The number of hydrogen-bond donors (Lipinski definition) is 1. The quantitative estimate of drug-likeness (QED) is 0.826. The Balaban J connectivity index is 1.83. The minimum absolute atomic E-state index is 0.695. The van der Waals surface area contributed by atoms with Gasteiger partial charge in [-0.25, -0.2) is 0 Å². The first-order chi connectivity index (χ1) is 10.3. The van der Waals surface area contributed by atoms with Crippen molar-refractivity contribution in [1.29, 1.82) is 0 Å². The molecule has 5 heteroatoms. The van der Waals surface area contributed by atoms with Crippen LogP contribution in [0, 0.1) is 0 Å². The van der Waals surface area contributed by atoms with Crippen LogP contribution in [0.3, 0.4) is 0 Å². The number of benzene rings is 1. The molecular weight excluding hydrogens is 268 g/mol. The fourth-order valence-corrected chi connectivity index (χ4v) is 2.70. The molecule has 5 nitrogen and oxygen atoms in total. The van der Waals surface area contributed by atoms with E-state index in [-0.39, 0.29) is 0 Å². The summed E-state index contributed by atoms with van der Waals surface area (Å²) in [6.07, 6.45) is 1.98. The summed E-state index contributed by atoms with van der Waals surface area (Å²) >= 11 is 0. The maximum Gasteiger partial charge on any atom is 0.170 e. The second-order valence-corrected chi connectivity index (χ2v) is 5.13. The van der Waals surface area contributed by atoms with Gasteiger partial charge in [-0.2, -0.15) is 0 Å². The van der Waals surface area contributed by atoms with Gasteiger partial charge in [0.25, 0.3) is 0 Å². The minimum Gasteiger partial charge on any atom is -0.497 e. The average Bonchev–Trinajstić information content (AvgIpc) is 2.94. The molecule has 3 rings (SSSR count). The van der Waals surface area contributed by atoms with Crippen LogP contribution < -0.4 is 10.1 Å². The van der Waals surface area contributed by atoms with Crippen molar-refractivity contribution < 1.29 is 14.0 Å². The van der Waals surface area contributed by atoms with E-state index >= 15 is 0 Å². The highest BCUT2D eigenvalue weighted by molar-refractivity contribution is 5.70. The number of methoxy groups -OCH3 is 2. The maximum atomic E-state index is 5.59. The monoisotopic (exact) mass is 288 g/mol. The smallest absolute Gasteiger partial charge is 0.170 e. The fourth-order valence-electron chi connectivity index (χ4n) is 2.70. The molecule has 0 bridgehead atoms. The van der Waals surface area contributed by atoms with Crippen LogP contribution in [0.25, 0.3) is 11.3 Å². The van der Waals surface area contributed by atoms with Crippen LogP contribution in [-0.2, 0) is 24.1 Å². The standard InChI is InChI=1S/C16H20N2O3/c1-19-8-7-17-10-15-13-6-4-11-3-5-12(20-2)9-14(11)16(13)21-18-15/h3,5,9,17H,4,6-8,10H2,1-2H3. The van der Waals surface area contributed by atoms with Crippen LogP contribution in [0.1, 0.15) is 16.8 Å². The van der Waals surface area contributed by atoms with E-state index in [1.807, 2.05) is 12.1 Å². The van der Waals surface area contributed by atoms with Crippen molar-refractivity contribution >= 4 is 0 Å². The Morgan fingerprint density at radius 2 is 2.19 bits per heavy atom. The van der Waals surface area contributed by atoms with E-state index < -0.39 is 0 Å². The molecule has 1 aliphatic rings. The largest absolute Gasteiger partial charge is 0.497 e. The molecule has 1 aromatic carbocycles. The van der Waals surface area contributed by atoms with Crippen molar-refractivity contribution in [3.63, 3.8) is 0 Å². The normalized spacial score (nSPS) is 12.9. The molecule has 0 aliphatic heterocycles. The van der Waals surface area contributed by atoms with Gasteiger partial charge in [-0.1, -0.05) is 11.2 Å². The zero-order chi connectivity index (χ0) is 14.7. The number of aromatic nitrogens is 1. The lowest BCUT2D eigenvalue weighted by molar-refractivity contribution is 0.199. The highest BCUT2D eigenvalue weighted by atomic mass is 16.5. The van der Waals surface area contributed by atoms with Crippen molar-refractivity contribution in [2.75, 3.05) is 27.4 Å². The van der Waals surface area contributed by atoms with Gasteiger partial charge in [-0.05, 0) is 30.5 Å². The van der Waals surface area contributed by atoms with Crippen molar-refractivity contribution in [2.45, 2.75) is 19.4 Å². The summed E-state index contributed by atoms with van der Waals surface area (Å²) in [4.78, 5) is 0. The molecule has 0 atom stereocenters. The van der Waals surface area contributed by atoms with Gasteiger partial charge in [0.2, 0.25) is 0 Å². The number of nitrogens with zero attached hydrogens (tertiary/aromatic N) is 1. The lowest BCUT2D eigenvalue weighted by Crippen LogP contribution is -2.19. The molecule has 0 saturated carbocycles. The Kier molecular flexibility index (Phi) is 4.22. The Morgan fingerprint density at radius 1 is 1.29 bits per heavy atom. The van der Waals surface area contributed by atoms with Gasteiger partial charge in [0.15, 0.2) is 5.76 Å². The summed E-state index contributed by atoms with van der Waals surface area (Å²) in [6, 6.07) is 6.13. The van der Waals surface area contributed by atoms with E-state index in [1.165, 1.54) is 11.1 Å². The van der Waals surface area contributed by atoms with Gasteiger partial charge in [0, 0.05) is 31.3 Å². The molecule has 112 valence electrons. The predicted molar refractivity (Wildman–Crippen MR) is 79.5 cm³/mol. The Labute approximate surface area is 124 Å². The summed E-state index contributed by atoms with van der Waals surface area (Å²) < 4.78 is 15.9. The lowest BCUT2D eigenvalue weighted by Gasteiger charge is -2.15. The van der Waals surface area contributed by atoms with Gasteiger partial charge in [0.05, 0.1) is 13.7 Å². The Bertz CT molecular complexity index is 622. The number of fused-ring (bicyclic) bond motifs is 3. The summed E-state index contributed by atoms with van der Waals surface area (Å²) in [6.45, 7) is 2.21. The highest BCUT2D eigenvalue weighted by Crippen LogP contribution is 2.37. The predicted octanol–water partition coefficient (Wildman–Crippen LogP) is 2.18. The van der Waals surface area contributed by atoms with Crippen LogP contribution >= 0.6 is 0 Å². The topological polar surface area (TPSA) is 56.5 Å². The lowest BCUT2D eigenvalue weighted by atomic mass is 9.89. The Morgan fingerprint density at radius 3 is 3.00 bits per heavy atom. The summed E-state index contributed by atoms with van der Waals surface area (Å²) in [5.74, 6) is 1.73. The summed E-state index contributed by atoms with van der Waals surface area (Å²) in [5.41, 5.74) is 4.60. The third kappa shape index (κ3) is 2.80. The van der Waals surface area contributed by atoms with Crippen LogP contribution in [0.5, 0.6) is 5.75 Å². The van der Waals surface area contributed by atoms with Gasteiger partial charge in [-0.15, -0.1) is 0 Å². The number of aryl methyl sites for hydroxylation is 1. The van der Waals surface area contributed by atoms with Crippen LogP contribution in [0.4, 0.5) is 0 Å². The third-order valence-electron chi connectivity index (χ3n) is 3.85. The summed E-state index contributed by atoms with van der Waals surface area (Å²) in [7, 11) is 3.38. The Hall–Kier alpha value is -1.85. The van der Waals surface area contributed by atoms with Crippen molar-refractivity contribution in [3.05, 3.63) is 35.0 Å². The molecule has 0 radical (unpaired) electrons. The van der Waals surface area contributed by atoms with Gasteiger partial charge < -0.3 is 19.3 Å². The number of ether oxygens (including phenoxy) is 2. The van der Waals surface area contributed by atoms with Crippen LogP contribution in [0.2, 0.25) is 0 Å². The molecule has 1 aromatic heterocycles. The second kappa shape index (κ2) is 6.28. The average molecular weight is 288 g/mol. The van der Waals surface area contributed by atoms with E-state index in [1.54, 1.807) is 14.2 Å². The van der Waals surface area contributed by atoms with E-state index in [0.717, 1.165) is 42.2 Å². The van der Waals surface area contributed by atoms with Crippen molar-refractivity contribution in [2.24, 2.45) is 0 Å². The zero-order valence-corrected chi connectivity index (χ0v) is 12.4. The third-order valence-corrected chi connectivity index (χ3v) is 3.85. The SMILES string of the molecule is COCCNCc1noc2c1CCc1ccc(OC)cc1-2. The van der Waals surface area contributed by atoms with E-state index in [4.69, 9.17) is 14.0 Å². The molecule has 0 amide bonds. The number of rotatable bonds is 6. The molecule has 1 aliphatic carbocycles. The molecule has 2 aromatic rings. The van der Waals surface area contributed by atoms with Gasteiger partial charge in [0.1, 0.15) is 11.4 Å². The van der Waals surface area contributed by atoms with Crippen molar-refractivity contribution in [3.8, 4) is 17.1 Å². The molecule has 0 saturated heterocycles. The van der Waals surface area contributed by atoms with E-state index in [9.17, 15) is 0 Å². The molecule has 1 heterocycles. The van der Waals surface area contributed by atoms with E-state index in [0.29, 0.717) is 13.2 Å². The molecule has 21 heavy (non-hydrogen) atoms.